The number of hydrogen-bond acceptors (Lipinski definition) is 2. The predicted octanol–water partition coefficient (Wildman–Crippen LogP) is 3.01. The summed E-state index contributed by atoms with van der Waals surface area (Å²) in [5, 5.41) is 6.25. The van der Waals surface area contributed by atoms with E-state index < -0.39 is 0 Å². The first-order chi connectivity index (χ1) is 11.3. The lowest BCUT2D eigenvalue weighted by atomic mass is 9.65. The van der Waals surface area contributed by atoms with Gasteiger partial charge in [0.15, 0.2) is 5.96 Å². The minimum atomic E-state index is 0. The SMILES string of the molecule is CN=C(NCCC(=O)NCc1ccccc1)N1CC(C)(C)C1(C)C.I. The van der Waals surface area contributed by atoms with Gasteiger partial charge < -0.3 is 15.5 Å². The van der Waals surface area contributed by atoms with Crippen LogP contribution in [0, 0.1) is 5.41 Å². The molecule has 1 fully saturated rings. The molecule has 0 radical (unpaired) electrons. The molecule has 1 aromatic rings. The number of nitrogens with one attached hydrogen (secondary N) is 2. The number of benzene rings is 1. The average Bonchev–Trinajstić information content (AvgIpc) is 2.56. The van der Waals surface area contributed by atoms with Crippen molar-refractivity contribution in [1.29, 1.82) is 0 Å². The molecule has 0 bridgehead atoms. The van der Waals surface area contributed by atoms with Gasteiger partial charge >= 0.3 is 0 Å². The van der Waals surface area contributed by atoms with Gasteiger partial charge in [0.25, 0.3) is 0 Å². The first-order valence-corrected chi connectivity index (χ1v) is 8.57. The van der Waals surface area contributed by atoms with Crippen LogP contribution < -0.4 is 10.6 Å². The highest BCUT2D eigenvalue weighted by Crippen LogP contribution is 2.46. The molecule has 2 N–H and O–H groups in total. The quantitative estimate of drug-likeness (QED) is 0.405. The molecule has 1 heterocycles. The largest absolute Gasteiger partial charge is 0.356 e. The average molecular weight is 458 g/mol. The number of hydrogen-bond donors (Lipinski definition) is 2. The van der Waals surface area contributed by atoms with E-state index in [9.17, 15) is 4.79 Å². The molecule has 140 valence electrons. The number of halogens is 1. The van der Waals surface area contributed by atoms with Crippen LogP contribution in [0.4, 0.5) is 0 Å². The number of likely N-dealkylation sites (tertiary alicyclic amines) is 1. The van der Waals surface area contributed by atoms with Crippen LogP contribution in [0.5, 0.6) is 0 Å². The first kappa shape index (κ1) is 21.7. The van der Waals surface area contributed by atoms with Gasteiger partial charge in [0, 0.05) is 44.1 Å². The van der Waals surface area contributed by atoms with Crippen LogP contribution in [0.1, 0.15) is 39.7 Å². The fourth-order valence-corrected chi connectivity index (χ4v) is 2.87. The summed E-state index contributed by atoms with van der Waals surface area (Å²) in [4.78, 5) is 18.6. The summed E-state index contributed by atoms with van der Waals surface area (Å²) < 4.78 is 0. The van der Waals surface area contributed by atoms with E-state index in [0.29, 0.717) is 19.5 Å². The Labute approximate surface area is 168 Å². The summed E-state index contributed by atoms with van der Waals surface area (Å²) in [6.45, 7) is 11.1. The highest BCUT2D eigenvalue weighted by atomic mass is 127. The third-order valence-corrected chi connectivity index (χ3v) is 5.32. The zero-order valence-electron chi connectivity index (χ0n) is 15.9. The maximum Gasteiger partial charge on any atom is 0.222 e. The number of aliphatic imine (C=N–C) groups is 1. The van der Waals surface area contributed by atoms with E-state index in [-0.39, 0.29) is 40.8 Å². The van der Waals surface area contributed by atoms with Crippen molar-refractivity contribution in [1.82, 2.24) is 15.5 Å². The zero-order chi connectivity index (χ0) is 17.8. The summed E-state index contributed by atoms with van der Waals surface area (Å²) in [6, 6.07) is 9.94. The van der Waals surface area contributed by atoms with E-state index in [1.165, 1.54) is 0 Å². The summed E-state index contributed by atoms with van der Waals surface area (Å²) in [5.74, 6) is 0.917. The van der Waals surface area contributed by atoms with Gasteiger partial charge in [0.2, 0.25) is 5.91 Å². The van der Waals surface area contributed by atoms with E-state index in [4.69, 9.17) is 0 Å². The van der Waals surface area contributed by atoms with E-state index in [1.807, 2.05) is 30.3 Å². The number of guanidine groups is 1. The molecule has 5 nitrogen and oxygen atoms in total. The van der Waals surface area contributed by atoms with Crippen LogP contribution >= 0.6 is 24.0 Å². The van der Waals surface area contributed by atoms with Crippen molar-refractivity contribution < 1.29 is 4.79 Å². The highest BCUT2D eigenvalue weighted by molar-refractivity contribution is 14.0. The Morgan fingerprint density at radius 2 is 1.80 bits per heavy atom. The van der Waals surface area contributed by atoms with E-state index in [1.54, 1.807) is 7.05 Å². The molecule has 0 spiro atoms. The van der Waals surface area contributed by atoms with E-state index >= 15 is 0 Å². The van der Waals surface area contributed by atoms with Gasteiger partial charge in [0.05, 0.1) is 0 Å². The molecular weight excluding hydrogens is 427 g/mol. The highest BCUT2D eigenvalue weighted by Gasteiger charge is 2.53. The maximum absolute atomic E-state index is 12.0. The second-order valence-electron chi connectivity index (χ2n) is 7.52. The molecule has 0 aliphatic carbocycles. The van der Waals surface area contributed by atoms with Gasteiger partial charge in [-0.15, -0.1) is 24.0 Å². The Balaban J connectivity index is 0.00000312. The zero-order valence-corrected chi connectivity index (χ0v) is 18.3. The standard InChI is InChI=1S/C19H30N4O.HI/c1-18(2)14-23(19(18,3)4)17(20-5)21-12-11-16(24)22-13-15-9-7-6-8-10-15;/h6-10H,11-14H2,1-5H3,(H,20,21)(H,22,24);1H. The fourth-order valence-electron chi connectivity index (χ4n) is 2.87. The monoisotopic (exact) mass is 458 g/mol. The van der Waals surface area contributed by atoms with Crippen molar-refractivity contribution in [3.05, 3.63) is 35.9 Å². The summed E-state index contributed by atoms with van der Waals surface area (Å²) in [6.07, 6.45) is 0.434. The Morgan fingerprint density at radius 1 is 1.16 bits per heavy atom. The predicted molar refractivity (Wildman–Crippen MR) is 114 cm³/mol. The molecule has 6 heteroatoms. The molecule has 0 atom stereocenters. The van der Waals surface area contributed by atoms with Gasteiger partial charge in [0.1, 0.15) is 0 Å². The van der Waals surface area contributed by atoms with Gasteiger partial charge in [-0.1, -0.05) is 44.2 Å². The minimum absolute atomic E-state index is 0. The third-order valence-electron chi connectivity index (χ3n) is 5.32. The Kier molecular flexibility index (Phi) is 7.71. The molecule has 1 saturated heterocycles. The van der Waals surface area contributed by atoms with Gasteiger partial charge in [-0.3, -0.25) is 9.79 Å². The number of carbonyl (C=O) groups is 1. The van der Waals surface area contributed by atoms with Crippen molar-refractivity contribution in [2.24, 2.45) is 10.4 Å². The molecule has 1 aromatic carbocycles. The van der Waals surface area contributed by atoms with Crippen LogP contribution in [-0.2, 0) is 11.3 Å². The lowest BCUT2D eigenvalue weighted by Gasteiger charge is -2.62. The van der Waals surface area contributed by atoms with Crippen LogP contribution in [0.25, 0.3) is 0 Å². The molecule has 25 heavy (non-hydrogen) atoms. The van der Waals surface area contributed by atoms with E-state index in [2.05, 4.69) is 48.2 Å². The van der Waals surface area contributed by atoms with Crippen LogP contribution in [-0.4, -0.2) is 42.4 Å². The van der Waals surface area contributed by atoms with Crippen molar-refractivity contribution in [3.63, 3.8) is 0 Å². The van der Waals surface area contributed by atoms with Gasteiger partial charge in [-0.2, -0.15) is 0 Å². The molecule has 0 aromatic heterocycles. The van der Waals surface area contributed by atoms with Crippen molar-refractivity contribution >= 4 is 35.8 Å². The van der Waals surface area contributed by atoms with Crippen molar-refractivity contribution in [3.8, 4) is 0 Å². The molecule has 1 aliphatic rings. The molecule has 2 rings (SSSR count). The maximum atomic E-state index is 12.0. The van der Waals surface area contributed by atoms with Crippen molar-refractivity contribution in [2.75, 3.05) is 20.1 Å². The Hall–Kier alpha value is -1.31. The molecule has 1 aliphatic heterocycles. The third kappa shape index (κ3) is 5.09. The second kappa shape index (κ2) is 8.87. The molecule has 0 unspecified atom stereocenters. The summed E-state index contributed by atoms with van der Waals surface area (Å²) in [5.41, 5.74) is 1.43. The van der Waals surface area contributed by atoms with Gasteiger partial charge in [-0.25, -0.2) is 0 Å². The summed E-state index contributed by atoms with van der Waals surface area (Å²) >= 11 is 0. The molecular formula is C19H31IN4O. The number of nitrogens with zero attached hydrogens (tertiary/aromatic N) is 2. The normalized spacial score (nSPS) is 18.0. The second-order valence-corrected chi connectivity index (χ2v) is 7.52. The Bertz CT molecular complexity index is 599. The van der Waals surface area contributed by atoms with Gasteiger partial charge in [-0.05, 0) is 19.4 Å². The minimum Gasteiger partial charge on any atom is -0.356 e. The smallest absolute Gasteiger partial charge is 0.222 e. The summed E-state index contributed by atoms with van der Waals surface area (Å²) in [7, 11) is 1.79. The lowest BCUT2D eigenvalue weighted by molar-refractivity contribution is -0.121. The number of amides is 1. The Morgan fingerprint density at radius 3 is 2.32 bits per heavy atom. The lowest BCUT2D eigenvalue weighted by Crippen LogP contribution is -2.72. The van der Waals surface area contributed by atoms with Crippen molar-refractivity contribution in [2.45, 2.75) is 46.2 Å². The topological polar surface area (TPSA) is 56.7 Å². The van der Waals surface area contributed by atoms with Crippen LogP contribution in [0.15, 0.2) is 35.3 Å². The fraction of sp³-hybridized carbons (Fsp3) is 0.579. The van der Waals surface area contributed by atoms with Crippen LogP contribution in [0.3, 0.4) is 0 Å². The van der Waals surface area contributed by atoms with Crippen LogP contribution in [0.2, 0.25) is 0 Å². The number of carbonyl (C=O) groups excluding carboxylic acids is 1. The number of rotatable bonds is 5. The molecule has 0 saturated carbocycles. The first-order valence-electron chi connectivity index (χ1n) is 8.57. The van der Waals surface area contributed by atoms with E-state index in [0.717, 1.165) is 18.1 Å². The molecule has 1 amide bonds.